The highest BCUT2D eigenvalue weighted by atomic mass is 31.2. The number of esters is 2. The van der Waals surface area contributed by atoms with E-state index in [0.29, 0.717) is 6.42 Å². The van der Waals surface area contributed by atoms with E-state index in [1.54, 1.807) is 0 Å². The standard InChI is InChI=1S/C36H69O8P/c1-3-5-7-9-10-11-12-13-14-15-16-19-23-27-35(37)42-30-34(31-43-45(39,40)41)44-36(38)28-24-20-17-18-22-26-33-29-32(33)25-21-8-6-4-2/h32-34H,3-31H2,1-2H3,(H2,39,40,41). The van der Waals surface area contributed by atoms with Gasteiger partial charge < -0.3 is 19.3 Å². The van der Waals surface area contributed by atoms with E-state index in [1.807, 2.05) is 0 Å². The first-order valence-corrected chi connectivity index (χ1v) is 20.3. The molecule has 1 fully saturated rings. The van der Waals surface area contributed by atoms with Crippen LogP contribution in [0.4, 0.5) is 0 Å². The normalized spacial score (nSPS) is 16.9. The van der Waals surface area contributed by atoms with Crippen molar-refractivity contribution in [3.63, 3.8) is 0 Å². The number of hydrogen-bond acceptors (Lipinski definition) is 6. The van der Waals surface area contributed by atoms with Crippen molar-refractivity contribution in [1.29, 1.82) is 0 Å². The number of hydrogen-bond donors (Lipinski definition) is 2. The summed E-state index contributed by atoms with van der Waals surface area (Å²) in [5.41, 5.74) is 0. The fourth-order valence-corrected chi connectivity index (χ4v) is 6.50. The van der Waals surface area contributed by atoms with E-state index >= 15 is 0 Å². The Bertz CT molecular complexity index is 770. The van der Waals surface area contributed by atoms with Crippen LogP contribution in [0.3, 0.4) is 0 Å². The van der Waals surface area contributed by atoms with Crippen molar-refractivity contribution in [3.8, 4) is 0 Å². The van der Waals surface area contributed by atoms with E-state index in [1.165, 1.54) is 122 Å². The summed E-state index contributed by atoms with van der Waals surface area (Å²) < 4.78 is 26.3. The van der Waals surface area contributed by atoms with Crippen LogP contribution < -0.4 is 0 Å². The van der Waals surface area contributed by atoms with Gasteiger partial charge in [0.2, 0.25) is 0 Å². The van der Waals surface area contributed by atoms with Gasteiger partial charge in [0.25, 0.3) is 0 Å². The van der Waals surface area contributed by atoms with Crippen molar-refractivity contribution >= 4 is 19.8 Å². The SMILES string of the molecule is CCCCCCCCCCCCCCCC(=O)OCC(COP(=O)(O)O)OC(=O)CCCCCCCC1CC1CCCCCC. The lowest BCUT2D eigenvalue weighted by atomic mass is 10.0. The number of phosphoric ester groups is 1. The molecule has 0 amide bonds. The number of rotatable bonds is 33. The molecule has 3 unspecified atom stereocenters. The molecule has 1 saturated carbocycles. The van der Waals surface area contributed by atoms with Gasteiger partial charge in [0.15, 0.2) is 6.10 Å². The fraction of sp³-hybridized carbons (Fsp3) is 0.944. The Morgan fingerprint density at radius 2 is 1.00 bits per heavy atom. The maximum atomic E-state index is 12.4. The van der Waals surface area contributed by atoms with Gasteiger partial charge in [-0.25, -0.2) is 4.57 Å². The number of phosphoric acid groups is 1. The molecule has 0 aromatic heterocycles. The minimum atomic E-state index is -4.74. The fourth-order valence-electron chi connectivity index (χ4n) is 6.14. The zero-order valence-electron chi connectivity index (χ0n) is 29.0. The quantitative estimate of drug-likeness (QED) is 0.0405. The van der Waals surface area contributed by atoms with E-state index in [-0.39, 0.29) is 19.4 Å². The first-order valence-electron chi connectivity index (χ1n) is 18.8. The summed E-state index contributed by atoms with van der Waals surface area (Å²) in [7, 11) is -4.74. The molecule has 9 heteroatoms. The van der Waals surface area contributed by atoms with E-state index in [9.17, 15) is 14.2 Å². The van der Waals surface area contributed by atoms with Gasteiger partial charge in [-0.3, -0.25) is 14.1 Å². The molecule has 266 valence electrons. The molecule has 0 radical (unpaired) electrons. The van der Waals surface area contributed by atoms with Gasteiger partial charge >= 0.3 is 19.8 Å². The molecule has 0 saturated heterocycles. The molecule has 3 atom stereocenters. The molecule has 0 aromatic rings. The van der Waals surface area contributed by atoms with Crippen LogP contribution in [-0.4, -0.2) is 41.0 Å². The van der Waals surface area contributed by atoms with Crippen molar-refractivity contribution in [2.24, 2.45) is 11.8 Å². The number of unbranched alkanes of at least 4 members (excludes halogenated alkanes) is 19. The molecular formula is C36H69O8P. The van der Waals surface area contributed by atoms with Gasteiger partial charge in [0.05, 0.1) is 6.61 Å². The maximum absolute atomic E-state index is 12.4. The molecule has 0 heterocycles. The van der Waals surface area contributed by atoms with Crippen LogP contribution in [0.1, 0.15) is 187 Å². The summed E-state index contributed by atoms with van der Waals surface area (Å²) in [6, 6.07) is 0. The van der Waals surface area contributed by atoms with Crippen LogP contribution in [0, 0.1) is 11.8 Å². The summed E-state index contributed by atoms with van der Waals surface area (Å²) in [6.07, 6.45) is 30.1. The van der Waals surface area contributed by atoms with E-state index in [0.717, 1.165) is 43.9 Å². The molecule has 8 nitrogen and oxygen atoms in total. The molecule has 0 aromatic carbocycles. The molecule has 1 aliphatic carbocycles. The highest BCUT2D eigenvalue weighted by Gasteiger charge is 2.35. The lowest BCUT2D eigenvalue weighted by molar-refractivity contribution is -0.161. The van der Waals surface area contributed by atoms with Gasteiger partial charge in [-0.2, -0.15) is 0 Å². The highest BCUT2D eigenvalue weighted by molar-refractivity contribution is 7.46. The first kappa shape index (κ1) is 42.1. The lowest BCUT2D eigenvalue weighted by Crippen LogP contribution is -2.29. The predicted octanol–water partition coefficient (Wildman–Crippen LogP) is 10.4. The van der Waals surface area contributed by atoms with Gasteiger partial charge in [-0.05, 0) is 31.1 Å². The summed E-state index contributed by atoms with van der Waals surface area (Å²) in [6.45, 7) is 3.70. The predicted molar refractivity (Wildman–Crippen MR) is 182 cm³/mol. The molecule has 0 bridgehead atoms. The average molecular weight is 661 g/mol. The second-order valence-corrected chi connectivity index (χ2v) is 14.7. The monoisotopic (exact) mass is 660 g/mol. The third kappa shape index (κ3) is 27.8. The first-order chi connectivity index (χ1) is 21.7. The van der Waals surface area contributed by atoms with Crippen molar-refractivity contribution in [1.82, 2.24) is 0 Å². The Balaban J connectivity index is 2.09. The van der Waals surface area contributed by atoms with E-state index < -0.39 is 32.5 Å². The summed E-state index contributed by atoms with van der Waals surface area (Å²) >= 11 is 0. The minimum absolute atomic E-state index is 0.224. The van der Waals surface area contributed by atoms with Gasteiger partial charge in [-0.1, -0.05) is 155 Å². The van der Waals surface area contributed by atoms with Crippen LogP contribution in [0.2, 0.25) is 0 Å². The maximum Gasteiger partial charge on any atom is 0.469 e. The van der Waals surface area contributed by atoms with Crippen molar-refractivity contribution in [2.75, 3.05) is 13.2 Å². The average Bonchev–Trinajstić information content (AvgIpc) is 3.76. The summed E-state index contributed by atoms with van der Waals surface area (Å²) in [5, 5.41) is 0. The third-order valence-electron chi connectivity index (χ3n) is 9.09. The zero-order valence-corrected chi connectivity index (χ0v) is 29.9. The van der Waals surface area contributed by atoms with Crippen LogP contribution in [0.15, 0.2) is 0 Å². The molecule has 0 spiro atoms. The molecule has 0 aliphatic heterocycles. The highest BCUT2D eigenvalue weighted by Crippen LogP contribution is 2.45. The van der Waals surface area contributed by atoms with E-state index in [2.05, 4.69) is 18.4 Å². The number of ether oxygens (including phenoxy) is 2. The number of carbonyl (C=O) groups is 2. The molecule has 1 aliphatic rings. The molecule has 2 N–H and O–H groups in total. The van der Waals surface area contributed by atoms with Crippen molar-refractivity contribution in [2.45, 2.75) is 193 Å². The van der Waals surface area contributed by atoms with Gasteiger partial charge in [0, 0.05) is 12.8 Å². The van der Waals surface area contributed by atoms with Crippen LogP contribution >= 0.6 is 7.82 Å². The van der Waals surface area contributed by atoms with Crippen LogP contribution in [0.5, 0.6) is 0 Å². The smallest absolute Gasteiger partial charge is 0.462 e. The molecular weight excluding hydrogens is 591 g/mol. The van der Waals surface area contributed by atoms with Crippen LogP contribution in [0.25, 0.3) is 0 Å². The van der Waals surface area contributed by atoms with Gasteiger partial charge in [0.1, 0.15) is 6.61 Å². The summed E-state index contributed by atoms with van der Waals surface area (Å²) in [5.74, 6) is 1.05. The second-order valence-electron chi connectivity index (χ2n) is 13.5. The largest absolute Gasteiger partial charge is 0.469 e. The Hall–Kier alpha value is -0.950. The Morgan fingerprint density at radius 3 is 1.47 bits per heavy atom. The summed E-state index contributed by atoms with van der Waals surface area (Å²) in [4.78, 5) is 42.7. The number of carbonyl (C=O) groups excluding carboxylic acids is 2. The molecule has 45 heavy (non-hydrogen) atoms. The van der Waals surface area contributed by atoms with Crippen LogP contribution in [-0.2, 0) is 28.2 Å². The second kappa shape index (κ2) is 28.1. The zero-order chi connectivity index (χ0) is 33.0. The van der Waals surface area contributed by atoms with Crippen molar-refractivity contribution < 1.29 is 37.9 Å². The van der Waals surface area contributed by atoms with E-state index in [4.69, 9.17) is 19.3 Å². The Labute approximate surface area is 275 Å². The Morgan fingerprint density at radius 1 is 0.600 bits per heavy atom. The topological polar surface area (TPSA) is 119 Å². The Kier molecular flexibility index (Phi) is 26.3. The van der Waals surface area contributed by atoms with Crippen molar-refractivity contribution in [3.05, 3.63) is 0 Å². The third-order valence-corrected chi connectivity index (χ3v) is 9.58. The van der Waals surface area contributed by atoms with Gasteiger partial charge in [-0.15, -0.1) is 0 Å². The lowest BCUT2D eigenvalue weighted by Gasteiger charge is -2.18. The molecule has 1 rings (SSSR count). The minimum Gasteiger partial charge on any atom is -0.462 e.